The van der Waals surface area contributed by atoms with Crippen LogP contribution in [0.4, 0.5) is 5.69 Å². The second-order valence-corrected chi connectivity index (χ2v) is 5.83. The van der Waals surface area contributed by atoms with E-state index in [9.17, 15) is 0 Å². The van der Waals surface area contributed by atoms with Crippen LogP contribution in [0.2, 0.25) is 0 Å². The number of hydrogen-bond donors (Lipinski definition) is 1. The predicted molar refractivity (Wildman–Crippen MR) is 76.2 cm³/mol. The Kier molecular flexibility index (Phi) is 3.95. The third-order valence-electron chi connectivity index (χ3n) is 3.79. The maximum atomic E-state index is 4.63. The van der Waals surface area contributed by atoms with Gasteiger partial charge in [-0.3, -0.25) is 4.68 Å². The number of nitrogens with zero attached hydrogens (tertiary/aromatic N) is 3. The lowest BCUT2D eigenvalue weighted by atomic mass is 10.1. The SMILES string of the molecule is Cc1nn(C(C)C)c(C)c1NC1CCCN(C)C1. The third kappa shape index (κ3) is 2.69. The lowest BCUT2D eigenvalue weighted by Gasteiger charge is -2.31. The van der Waals surface area contributed by atoms with Gasteiger partial charge in [-0.15, -0.1) is 0 Å². The fourth-order valence-corrected chi connectivity index (χ4v) is 2.86. The van der Waals surface area contributed by atoms with Gasteiger partial charge in [0, 0.05) is 18.6 Å². The van der Waals surface area contributed by atoms with E-state index in [1.807, 2.05) is 0 Å². The summed E-state index contributed by atoms with van der Waals surface area (Å²) in [6.45, 7) is 11.0. The van der Waals surface area contributed by atoms with E-state index in [1.165, 1.54) is 30.8 Å². The summed E-state index contributed by atoms with van der Waals surface area (Å²) >= 11 is 0. The van der Waals surface area contributed by atoms with Crippen LogP contribution < -0.4 is 5.32 Å². The fourth-order valence-electron chi connectivity index (χ4n) is 2.86. The van der Waals surface area contributed by atoms with Crippen molar-refractivity contribution in [3.63, 3.8) is 0 Å². The number of hydrogen-bond acceptors (Lipinski definition) is 3. The van der Waals surface area contributed by atoms with E-state index in [2.05, 4.69) is 54.7 Å². The number of nitrogens with one attached hydrogen (secondary N) is 1. The molecule has 102 valence electrons. The number of aromatic nitrogens is 2. The van der Waals surface area contributed by atoms with Gasteiger partial charge in [-0.2, -0.15) is 5.10 Å². The summed E-state index contributed by atoms with van der Waals surface area (Å²) in [6.07, 6.45) is 2.54. The van der Waals surface area contributed by atoms with Crippen molar-refractivity contribution in [2.24, 2.45) is 0 Å². The number of rotatable bonds is 3. The molecule has 0 amide bonds. The van der Waals surface area contributed by atoms with E-state index < -0.39 is 0 Å². The van der Waals surface area contributed by atoms with Crippen LogP contribution >= 0.6 is 0 Å². The molecule has 4 nitrogen and oxygen atoms in total. The molecular formula is C14H26N4. The van der Waals surface area contributed by atoms with Crippen molar-refractivity contribution in [3.8, 4) is 0 Å². The molecule has 1 aromatic rings. The summed E-state index contributed by atoms with van der Waals surface area (Å²) in [7, 11) is 2.20. The summed E-state index contributed by atoms with van der Waals surface area (Å²) in [5.41, 5.74) is 3.62. The Balaban J connectivity index is 2.13. The molecule has 1 aliphatic heterocycles. The maximum absolute atomic E-state index is 4.63. The van der Waals surface area contributed by atoms with Crippen molar-refractivity contribution in [1.82, 2.24) is 14.7 Å². The van der Waals surface area contributed by atoms with Gasteiger partial charge in [0.05, 0.1) is 17.1 Å². The van der Waals surface area contributed by atoms with Crippen molar-refractivity contribution in [3.05, 3.63) is 11.4 Å². The zero-order chi connectivity index (χ0) is 13.3. The van der Waals surface area contributed by atoms with Crippen LogP contribution in [0.1, 0.15) is 44.1 Å². The second-order valence-electron chi connectivity index (χ2n) is 5.83. The molecule has 1 N–H and O–H groups in total. The number of likely N-dealkylation sites (N-methyl/N-ethyl adjacent to an activating group) is 1. The van der Waals surface area contributed by atoms with E-state index in [4.69, 9.17) is 0 Å². The molecule has 0 saturated carbocycles. The number of piperidine rings is 1. The Labute approximate surface area is 110 Å². The number of anilines is 1. The smallest absolute Gasteiger partial charge is 0.0828 e. The summed E-state index contributed by atoms with van der Waals surface area (Å²) in [5.74, 6) is 0. The first-order valence-electron chi connectivity index (χ1n) is 6.99. The quantitative estimate of drug-likeness (QED) is 0.895. The Morgan fingerprint density at radius 1 is 1.33 bits per heavy atom. The topological polar surface area (TPSA) is 33.1 Å². The molecule has 18 heavy (non-hydrogen) atoms. The van der Waals surface area contributed by atoms with Gasteiger partial charge in [0.1, 0.15) is 0 Å². The molecule has 4 heteroatoms. The summed E-state index contributed by atoms with van der Waals surface area (Å²) in [5, 5.41) is 8.33. The van der Waals surface area contributed by atoms with Crippen LogP contribution in [0.5, 0.6) is 0 Å². The molecule has 0 bridgehead atoms. The number of likely N-dealkylation sites (tertiary alicyclic amines) is 1. The first-order chi connectivity index (χ1) is 8.49. The third-order valence-corrected chi connectivity index (χ3v) is 3.79. The van der Waals surface area contributed by atoms with E-state index in [-0.39, 0.29) is 0 Å². The van der Waals surface area contributed by atoms with Crippen molar-refractivity contribution in [2.75, 3.05) is 25.5 Å². The molecule has 1 aliphatic rings. The normalized spacial score (nSPS) is 21.6. The highest BCUT2D eigenvalue weighted by Crippen LogP contribution is 2.24. The highest BCUT2D eigenvalue weighted by atomic mass is 15.3. The summed E-state index contributed by atoms with van der Waals surface area (Å²) < 4.78 is 2.12. The van der Waals surface area contributed by atoms with Crippen LogP contribution in [0.25, 0.3) is 0 Å². The summed E-state index contributed by atoms with van der Waals surface area (Å²) in [6, 6.07) is 0.985. The lowest BCUT2D eigenvalue weighted by molar-refractivity contribution is 0.261. The van der Waals surface area contributed by atoms with Crippen LogP contribution in [0, 0.1) is 13.8 Å². The minimum atomic E-state index is 0.424. The minimum absolute atomic E-state index is 0.424. The largest absolute Gasteiger partial charge is 0.378 e. The van der Waals surface area contributed by atoms with Gasteiger partial charge in [0.15, 0.2) is 0 Å². The molecule has 2 heterocycles. The molecule has 1 fully saturated rings. The Morgan fingerprint density at radius 2 is 2.06 bits per heavy atom. The summed E-state index contributed by atoms with van der Waals surface area (Å²) in [4.78, 5) is 2.40. The van der Waals surface area contributed by atoms with E-state index in [0.717, 1.165) is 12.2 Å². The average Bonchev–Trinajstić information content (AvgIpc) is 2.57. The van der Waals surface area contributed by atoms with Crippen molar-refractivity contribution < 1.29 is 0 Å². The van der Waals surface area contributed by atoms with Crippen molar-refractivity contribution >= 4 is 5.69 Å². The Hall–Kier alpha value is -1.03. The zero-order valence-corrected chi connectivity index (χ0v) is 12.3. The van der Waals surface area contributed by atoms with Gasteiger partial charge < -0.3 is 10.2 Å². The predicted octanol–water partition coefficient (Wildman–Crippen LogP) is 2.59. The zero-order valence-electron chi connectivity index (χ0n) is 12.3. The molecule has 2 rings (SSSR count). The first kappa shape index (κ1) is 13.4. The van der Waals surface area contributed by atoms with Gasteiger partial charge in [-0.05, 0) is 54.1 Å². The average molecular weight is 250 g/mol. The maximum Gasteiger partial charge on any atom is 0.0828 e. The van der Waals surface area contributed by atoms with Gasteiger partial charge in [0.25, 0.3) is 0 Å². The number of aryl methyl sites for hydroxylation is 1. The fraction of sp³-hybridized carbons (Fsp3) is 0.786. The molecule has 0 aliphatic carbocycles. The van der Waals surface area contributed by atoms with E-state index in [1.54, 1.807) is 0 Å². The van der Waals surface area contributed by atoms with E-state index in [0.29, 0.717) is 12.1 Å². The highest BCUT2D eigenvalue weighted by Gasteiger charge is 2.20. The molecule has 0 radical (unpaired) electrons. The minimum Gasteiger partial charge on any atom is -0.378 e. The van der Waals surface area contributed by atoms with Crippen LogP contribution in [0.3, 0.4) is 0 Å². The van der Waals surface area contributed by atoms with Gasteiger partial charge in [0.2, 0.25) is 0 Å². The van der Waals surface area contributed by atoms with Crippen LogP contribution in [0.15, 0.2) is 0 Å². The molecule has 1 atom stereocenters. The molecular weight excluding hydrogens is 224 g/mol. The molecule has 0 spiro atoms. The second kappa shape index (κ2) is 5.31. The molecule has 1 saturated heterocycles. The lowest BCUT2D eigenvalue weighted by Crippen LogP contribution is -2.39. The van der Waals surface area contributed by atoms with Gasteiger partial charge in [-0.25, -0.2) is 0 Å². The van der Waals surface area contributed by atoms with Crippen LogP contribution in [-0.2, 0) is 0 Å². The monoisotopic (exact) mass is 250 g/mol. The highest BCUT2D eigenvalue weighted by molar-refractivity contribution is 5.53. The molecule has 1 aromatic heterocycles. The Morgan fingerprint density at radius 3 is 2.61 bits per heavy atom. The Bertz CT molecular complexity index is 408. The standard InChI is InChI=1S/C14H26N4/c1-10(2)18-12(4)14(11(3)16-18)15-13-7-6-8-17(5)9-13/h10,13,15H,6-9H2,1-5H3. The molecule has 0 aromatic carbocycles. The van der Waals surface area contributed by atoms with Crippen LogP contribution in [-0.4, -0.2) is 40.9 Å². The van der Waals surface area contributed by atoms with Gasteiger partial charge >= 0.3 is 0 Å². The molecule has 1 unspecified atom stereocenters. The van der Waals surface area contributed by atoms with Gasteiger partial charge in [-0.1, -0.05) is 0 Å². The first-order valence-corrected chi connectivity index (χ1v) is 6.99. The van der Waals surface area contributed by atoms with Crippen molar-refractivity contribution in [1.29, 1.82) is 0 Å². The van der Waals surface area contributed by atoms with E-state index >= 15 is 0 Å². The van der Waals surface area contributed by atoms with Crippen molar-refractivity contribution in [2.45, 2.75) is 52.6 Å².